The number of hydrogen-bond donors (Lipinski definition) is 2. The molecule has 0 saturated heterocycles. The van der Waals surface area contributed by atoms with E-state index in [1.165, 1.54) is 0 Å². The minimum Gasteiger partial charge on any atom is -0.493 e. The van der Waals surface area contributed by atoms with E-state index < -0.39 is 0 Å². The largest absolute Gasteiger partial charge is 0.493 e. The van der Waals surface area contributed by atoms with Crippen molar-refractivity contribution in [3.63, 3.8) is 0 Å². The number of aliphatic imine (C=N–C) groups is 1. The van der Waals surface area contributed by atoms with Gasteiger partial charge in [-0.15, -0.1) is 0 Å². The van der Waals surface area contributed by atoms with Gasteiger partial charge in [-0.05, 0) is 37.6 Å². The van der Waals surface area contributed by atoms with Crippen molar-refractivity contribution >= 4 is 5.96 Å². The van der Waals surface area contributed by atoms with Crippen LogP contribution >= 0.6 is 0 Å². The molecule has 3 rings (SSSR count). The lowest BCUT2D eigenvalue weighted by Crippen LogP contribution is -2.37. The molecule has 2 aromatic rings. The number of nitrogens with zero attached hydrogens (tertiary/aromatic N) is 1. The third-order valence-corrected chi connectivity index (χ3v) is 4.01. The van der Waals surface area contributed by atoms with Crippen LogP contribution in [0.4, 0.5) is 0 Å². The molecule has 5 heteroatoms. The van der Waals surface area contributed by atoms with Gasteiger partial charge in [0.15, 0.2) is 5.96 Å². The Morgan fingerprint density at radius 2 is 2.00 bits per heavy atom. The van der Waals surface area contributed by atoms with Crippen LogP contribution in [-0.2, 0) is 6.54 Å². The third-order valence-electron chi connectivity index (χ3n) is 4.01. The standard InChI is InChI=1S/C20H25N3O2/c1-14(2)25-16-9-7-15(8-10-16)13-22-20(21)23-18-11-12-24-19-6-4-3-5-17(18)19/h3-10,14,18H,11-13H2,1-2H3,(H3,21,22,23). The van der Waals surface area contributed by atoms with Crippen LogP contribution in [0, 0.1) is 0 Å². The Kier molecular flexibility index (Phi) is 5.43. The van der Waals surface area contributed by atoms with Crippen molar-refractivity contribution in [1.29, 1.82) is 0 Å². The summed E-state index contributed by atoms with van der Waals surface area (Å²) >= 11 is 0. The Balaban J connectivity index is 1.59. The molecule has 1 heterocycles. The highest BCUT2D eigenvalue weighted by atomic mass is 16.5. The van der Waals surface area contributed by atoms with E-state index in [-0.39, 0.29) is 12.1 Å². The number of guanidine groups is 1. The second-order valence-electron chi connectivity index (χ2n) is 6.38. The second-order valence-corrected chi connectivity index (χ2v) is 6.38. The summed E-state index contributed by atoms with van der Waals surface area (Å²) < 4.78 is 11.3. The first-order valence-electron chi connectivity index (χ1n) is 8.65. The molecule has 132 valence electrons. The molecule has 1 aliphatic heterocycles. The van der Waals surface area contributed by atoms with Crippen molar-refractivity contribution in [2.24, 2.45) is 10.7 Å². The molecule has 1 unspecified atom stereocenters. The van der Waals surface area contributed by atoms with Crippen LogP contribution in [0.2, 0.25) is 0 Å². The van der Waals surface area contributed by atoms with Crippen molar-refractivity contribution in [3.8, 4) is 11.5 Å². The summed E-state index contributed by atoms with van der Waals surface area (Å²) in [6.07, 6.45) is 1.04. The van der Waals surface area contributed by atoms with Gasteiger partial charge in [0.1, 0.15) is 11.5 Å². The van der Waals surface area contributed by atoms with Crippen LogP contribution in [0.1, 0.15) is 37.4 Å². The van der Waals surface area contributed by atoms with Gasteiger partial charge >= 0.3 is 0 Å². The summed E-state index contributed by atoms with van der Waals surface area (Å²) in [5.74, 6) is 2.23. The first-order chi connectivity index (χ1) is 12.1. The van der Waals surface area contributed by atoms with E-state index in [1.807, 2.05) is 56.3 Å². The molecule has 1 atom stereocenters. The van der Waals surface area contributed by atoms with E-state index in [0.717, 1.165) is 29.0 Å². The molecule has 0 radical (unpaired) electrons. The van der Waals surface area contributed by atoms with Crippen molar-refractivity contribution in [2.45, 2.75) is 39.0 Å². The average Bonchev–Trinajstić information content (AvgIpc) is 2.61. The zero-order valence-corrected chi connectivity index (χ0v) is 14.7. The van der Waals surface area contributed by atoms with Gasteiger partial charge in [0.2, 0.25) is 0 Å². The average molecular weight is 339 g/mol. The number of nitrogens with two attached hydrogens (primary N) is 1. The van der Waals surface area contributed by atoms with Crippen molar-refractivity contribution in [3.05, 3.63) is 59.7 Å². The van der Waals surface area contributed by atoms with E-state index in [4.69, 9.17) is 15.2 Å². The summed E-state index contributed by atoms with van der Waals surface area (Å²) in [7, 11) is 0. The van der Waals surface area contributed by atoms with E-state index >= 15 is 0 Å². The highest BCUT2D eigenvalue weighted by molar-refractivity contribution is 5.78. The minimum absolute atomic E-state index is 0.135. The fourth-order valence-electron chi connectivity index (χ4n) is 2.84. The van der Waals surface area contributed by atoms with Gasteiger partial charge < -0.3 is 20.5 Å². The van der Waals surface area contributed by atoms with Gasteiger partial charge in [-0.25, -0.2) is 4.99 Å². The molecule has 0 bridgehead atoms. The van der Waals surface area contributed by atoms with Crippen LogP contribution in [0.5, 0.6) is 11.5 Å². The Bertz CT molecular complexity index is 726. The van der Waals surface area contributed by atoms with E-state index in [9.17, 15) is 0 Å². The summed E-state index contributed by atoms with van der Waals surface area (Å²) in [6, 6.07) is 16.1. The number of hydrogen-bond acceptors (Lipinski definition) is 3. The van der Waals surface area contributed by atoms with Crippen molar-refractivity contribution < 1.29 is 9.47 Å². The predicted molar refractivity (Wildman–Crippen MR) is 100.0 cm³/mol. The minimum atomic E-state index is 0.135. The molecule has 3 N–H and O–H groups in total. The van der Waals surface area contributed by atoms with E-state index in [2.05, 4.69) is 16.4 Å². The normalized spacial score (nSPS) is 16.9. The zero-order valence-electron chi connectivity index (χ0n) is 14.7. The van der Waals surface area contributed by atoms with Gasteiger partial charge in [0.25, 0.3) is 0 Å². The van der Waals surface area contributed by atoms with Gasteiger partial charge in [0, 0.05) is 12.0 Å². The molecule has 0 aliphatic carbocycles. The SMILES string of the molecule is CC(C)Oc1ccc(CN=C(N)NC2CCOc3ccccc32)cc1. The fourth-order valence-corrected chi connectivity index (χ4v) is 2.84. The summed E-state index contributed by atoms with van der Waals surface area (Å²) in [6.45, 7) is 5.24. The molecule has 0 spiro atoms. The molecule has 0 fully saturated rings. The maximum atomic E-state index is 6.08. The first-order valence-corrected chi connectivity index (χ1v) is 8.65. The van der Waals surface area contributed by atoms with Gasteiger partial charge in [-0.3, -0.25) is 0 Å². The van der Waals surface area contributed by atoms with Gasteiger partial charge in [-0.1, -0.05) is 30.3 Å². The topological polar surface area (TPSA) is 68.9 Å². The number of para-hydroxylation sites is 1. The Morgan fingerprint density at radius 1 is 1.24 bits per heavy atom. The van der Waals surface area contributed by atoms with Crippen LogP contribution in [0.25, 0.3) is 0 Å². The van der Waals surface area contributed by atoms with Crippen LogP contribution in [0.3, 0.4) is 0 Å². The first kappa shape index (κ1) is 17.1. The number of rotatable bonds is 5. The quantitative estimate of drug-likeness (QED) is 0.647. The highest BCUT2D eigenvalue weighted by Crippen LogP contribution is 2.31. The van der Waals surface area contributed by atoms with Crippen LogP contribution in [0.15, 0.2) is 53.5 Å². The number of nitrogens with one attached hydrogen (secondary N) is 1. The lowest BCUT2D eigenvalue weighted by atomic mass is 10.0. The van der Waals surface area contributed by atoms with E-state index in [0.29, 0.717) is 19.1 Å². The number of fused-ring (bicyclic) bond motifs is 1. The third kappa shape index (κ3) is 4.66. The van der Waals surface area contributed by atoms with E-state index in [1.54, 1.807) is 0 Å². The molecule has 2 aromatic carbocycles. The molecule has 1 aliphatic rings. The Morgan fingerprint density at radius 3 is 2.76 bits per heavy atom. The number of ether oxygens (including phenoxy) is 2. The molecule has 5 nitrogen and oxygen atoms in total. The van der Waals surface area contributed by atoms with Crippen LogP contribution in [-0.4, -0.2) is 18.7 Å². The summed E-state index contributed by atoms with van der Waals surface area (Å²) in [5.41, 5.74) is 8.30. The van der Waals surface area contributed by atoms with Crippen molar-refractivity contribution in [2.75, 3.05) is 6.61 Å². The molecular formula is C20H25N3O2. The van der Waals surface area contributed by atoms with Crippen LogP contribution < -0.4 is 20.5 Å². The van der Waals surface area contributed by atoms with Crippen molar-refractivity contribution in [1.82, 2.24) is 5.32 Å². The molecular weight excluding hydrogens is 314 g/mol. The zero-order chi connectivity index (χ0) is 17.6. The molecule has 25 heavy (non-hydrogen) atoms. The van der Waals surface area contributed by atoms with Gasteiger partial charge in [-0.2, -0.15) is 0 Å². The monoisotopic (exact) mass is 339 g/mol. The maximum absolute atomic E-state index is 6.08. The predicted octanol–water partition coefficient (Wildman–Crippen LogP) is 3.40. The summed E-state index contributed by atoms with van der Waals surface area (Å²) in [5, 5.41) is 3.31. The Labute approximate surface area is 148 Å². The fraction of sp³-hybridized carbons (Fsp3) is 0.350. The molecule has 0 saturated carbocycles. The lowest BCUT2D eigenvalue weighted by molar-refractivity contribution is 0.242. The number of benzene rings is 2. The maximum Gasteiger partial charge on any atom is 0.189 e. The molecule has 0 aromatic heterocycles. The lowest BCUT2D eigenvalue weighted by Gasteiger charge is -2.26. The Hall–Kier alpha value is -2.69. The summed E-state index contributed by atoms with van der Waals surface area (Å²) in [4.78, 5) is 4.45. The second kappa shape index (κ2) is 7.92. The molecule has 0 amide bonds. The highest BCUT2D eigenvalue weighted by Gasteiger charge is 2.21. The smallest absolute Gasteiger partial charge is 0.189 e. The van der Waals surface area contributed by atoms with Gasteiger partial charge in [0.05, 0.1) is 25.3 Å².